The fourth-order valence-corrected chi connectivity index (χ4v) is 3.44. The van der Waals surface area contributed by atoms with Crippen LogP contribution < -0.4 is 11.1 Å². The second kappa shape index (κ2) is 5.78. The third-order valence-electron chi connectivity index (χ3n) is 2.70. The van der Waals surface area contributed by atoms with E-state index in [1.165, 1.54) is 0 Å². The molecule has 92 valence electrons. The molecule has 0 aromatic heterocycles. The topological polar surface area (TPSA) is 55.1 Å². The highest BCUT2D eigenvalue weighted by atomic mass is 79.9. The summed E-state index contributed by atoms with van der Waals surface area (Å²) in [5, 5.41) is 3.23. The van der Waals surface area contributed by atoms with E-state index in [1.807, 2.05) is 18.2 Å². The third kappa shape index (κ3) is 3.64. The fourth-order valence-electron chi connectivity index (χ4n) is 1.85. The molecule has 0 saturated carbocycles. The fraction of sp³-hybridized carbons (Fsp3) is 0.417. The molecule has 0 bridgehead atoms. The first-order chi connectivity index (χ1) is 8.15. The van der Waals surface area contributed by atoms with E-state index in [1.54, 1.807) is 11.8 Å². The van der Waals surface area contributed by atoms with Crippen LogP contribution >= 0.6 is 27.7 Å². The molecule has 1 heterocycles. The summed E-state index contributed by atoms with van der Waals surface area (Å²) in [4.78, 5) is 12.5. The van der Waals surface area contributed by atoms with Gasteiger partial charge in [-0.15, -0.1) is 11.8 Å². The van der Waals surface area contributed by atoms with Gasteiger partial charge in [0.2, 0.25) is 5.91 Å². The van der Waals surface area contributed by atoms with Gasteiger partial charge in [0.05, 0.1) is 0 Å². The van der Waals surface area contributed by atoms with Crippen LogP contribution in [0.25, 0.3) is 0 Å². The van der Waals surface area contributed by atoms with Crippen molar-refractivity contribution in [3.05, 3.63) is 22.7 Å². The first-order valence-electron chi connectivity index (χ1n) is 5.63. The van der Waals surface area contributed by atoms with Gasteiger partial charge < -0.3 is 11.1 Å². The van der Waals surface area contributed by atoms with Crippen LogP contribution in [0.1, 0.15) is 19.3 Å². The van der Waals surface area contributed by atoms with Gasteiger partial charge in [-0.25, -0.2) is 0 Å². The van der Waals surface area contributed by atoms with Crippen LogP contribution in [0.2, 0.25) is 0 Å². The summed E-state index contributed by atoms with van der Waals surface area (Å²) in [6, 6.07) is 5.89. The number of halogens is 1. The quantitative estimate of drug-likeness (QED) is 0.825. The molecule has 1 aliphatic heterocycles. The van der Waals surface area contributed by atoms with Crippen molar-refractivity contribution >= 4 is 39.3 Å². The number of rotatable bonds is 2. The van der Waals surface area contributed by atoms with Gasteiger partial charge in [-0.1, -0.05) is 15.9 Å². The van der Waals surface area contributed by atoms with Gasteiger partial charge in [0, 0.05) is 33.3 Å². The third-order valence-corrected chi connectivity index (χ3v) is 4.56. The number of nitrogen functional groups attached to an aromatic ring is 1. The summed E-state index contributed by atoms with van der Waals surface area (Å²) < 4.78 is 0.984. The van der Waals surface area contributed by atoms with Gasteiger partial charge >= 0.3 is 0 Å². The van der Waals surface area contributed by atoms with Crippen LogP contribution in [0.5, 0.6) is 0 Å². The van der Waals surface area contributed by atoms with E-state index in [0.717, 1.165) is 34.4 Å². The minimum Gasteiger partial charge on any atom is -0.398 e. The predicted octanol–water partition coefficient (Wildman–Crippen LogP) is 2.79. The van der Waals surface area contributed by atoms with Crippen molar-refractivity contribution in [1.29, 1.82) is 0 Å². The Kier molecular flexibility index (Phi) is 4.34. The SMILES string of the molecule is Nc1cc(Br)ccc1SC1CCCNC(=O)C1. The van der Waals surface area contributed by atoms with Crippen molar-refractivity contribution in [3.8, 4) is 0 Å². The molecule has 1 atom stereocenters. The van der Waals surface area contributed by atoms with Crippen molar-refractivity contribution in [2.75, 3.05) is 12.3 Å². The number of benzene rings is 1. The van der Waals surface area contributed by atoms with Crippen LogP contribution in [0.3, 0.4) is 0 Å². The number of carbonyl (C=O) groups is 1. The van der Waals surface area contributed by atoms with Gasteiger partial charge in [0.15, 0.2) is 0 Å². The van der Waals surface area contributed by atoms with Crippen molar-refractivity contribution in [2.24, 2.45) is 0 Å². The van der Waals surface area contributed by atoms with Gasteiger partial charge in [-0.2, -0.15) is 0 Å². The van der Waals surface area contributed by atoms with E-state index >= 15 is 0 Å². The molecule has 0 radical (unpaired) electrons. The molecule has 1 aromatic rings. The smallest absolute Gasteiger partial charge is 0.221 e. The molecule has 1 unspecified atom stereocenters. The average molecular weight is 315 g/mol. The Bertz CT molecular complexity index is 425. The van der Waals surface area contributed by atoms with E-state index in [0.29, 0.717) is 11.7 Å². The first kappa shape index (κ1) is 12.8. The zero-order valence-electron chi connectivity index (χ0n) is 9.41. The molecule has 17 heavy (non-hydrogen) atoms. The van der Waals surface area contributed by atoms with Gasteiger partial charge in [-0.05, 0) is 31.0 Å². The molecule has 0 aliphatic carbocycles. The lowest BCUT2D eigenvalue weighted by atomic mass is 10.2. The predicted molar refractivity (Wildman–Crippen MR) is 75.1 cm³/mol. The largest absolute Gasteiger partial charge is 0.398 e. The maximum atomic E-state index is 11.5. The number of hydrogen-bond acceptors (Lipinski definition) is 3. The second-order valence-corrected chi connectivity index (χ2v) is 6.38. The Labute approximate surface area is 114 Å². The molecule has 1 aromatic carbocycles. The Morgan fingerprint density at radius 2 is 2.29 bits per heavy atom. The first-order valence-corrected chi connectivity index (χ1v) is 7.31. The molecule has 3 N–H and O–H groups in total. The number of anilines is 1. The summed E-state index contributed by atoms with van der Waals surface area (Å²) in [5.74, 6) is 0.149. The van der Waals surface area contributed by atoms with Gasteiger partial charge in [0.1, 0.15) is 0 Å². The molecule has 2 rings (SSSR count). The summed E-state index contributed by atoms with van der Waals surface area (Å²) in [6.07, 6.45) is 2.68. The van der Waals surface area contributed by atoms with Crippen molar-refractivity contribution in [2.45, 2.75) is 29.4 Å². The number of carbonyl (C=O) groups excluding carboxylic acids is 1. The number of nitrogens with one attached hydrogen (secondary N) is 1. The second-order valence-electron chi connectivity index (χ2n) is 4.12. The average Bonchev–Trinajstić information content (AvgIpc) is 2.47. The molecule has 1 aliphatic rings. The molecule has 1 amide bonds. The van der Waals surface area contributed by atoms with E-state index < -0.39 is 0 Å². The molecule has 5 heteroatoms. The molecular weight excluding hydrogens is 300 g/mol. The van der Waals surface area contributed by atoms with E-state index in [-0.39, 0.29) is 5.91 Å². The van der Waals surface area contributed by atoms with Crippen molar-refractivity contribution in [3.63, 3.8) is 0 Å². The number of amides is 1. The Morgan fingerprint density at radius 3 is 3.06 bits per heavy atom. The lowest BCUT2D eigenvalue weighted by Crippen LogP contribution is -2.22. The molecular formula is C12H15BrN2OS. The lowest BCUT2D eigenvalue weighted by molar-refractivity contribution is -0.120. The Hall–Kier alpha value is -0.680. The summed E-state index contributed by atoms with van der Waals surface area (Å²) in [7, 11) is 0. The zero-order chi connectivity index (χ0) is 12.3. The number of nitrogens with two attached hydrogens (primary N) is 1. The van der Waals surface area contributed by atoms with Crippen molar-refractivity contribution < 1.29 is 4.79 Å². The minimum absolute atomic E-state index is 0.149. The molecule has 1 saturated heterocycles. The van der Waals surface area contributed by atoms with Crippen molar-refractivity contribution in [1.82, 2.24) is 5.32 Å². The van der Waals surface area contributed by atoms with Crippen LogP contribution in [-0.2, 0) is 4.79 Å². The minimum atomic E-state index is 0.149. The maximum Gasteiger partial charge on any atom is 0.221 e. The highest BCUT2D eigenvalue weighted by Gasteiger charge is 2.19. The summed E-state index contributed by atoms with van der Waals surface area (Å²) in [5.41, 5.74) is 6.73. The molecule has 0 spiro atoms. The number of hydrogen-bond donors (Lipinski definition) is 2. The van der Waals surface area contributed by atoms with E-state index in [2.05, 4.69) is 21.2 Å². The van der Waals surface area contributed by atoms with E-state index in [9.17, 15) is 4.79 Å². The normalized spacial score (nSPS) is 20.8. The van der Waals surface area contributed by atoms with Gasteiger partial charge in [-0.3, -0.25) is 4.79 Å². The highest BCUT2D eigenvalue weighted by Crippen LogP contribution is 2.34. The Morgan fingerprint density at radius 1 is 1.47 bits per heavy atom. The Balaban J connectivity index is 2.06. The molecule has 1 fully saturated rings. The van der Waals surface area contributed by atoms with Gasteiger partial charge in [0.25, 0.3) is 0 Å². The lowest BCUT2D eigenvalue weighted by Gasteiger charge is -2.14. The summed E-state index contributed by atoms with van der Waals surface area (Å²) >= 11 is 5.10. The standard InChI is InChI=1S/C12H15BrN2OS/c13-8-3-4-11(10(14)6-8)17-9-2-1-5-15-12(16)7-9/h3-4,6,9H,1-2,5,7,14H2,(H,15,16). The highest BCUT2D eigenvalue weighted by molar-refractivity contribution is 9.10. The van der Waals surface area contributed by atoms with Crippen LogP contribution in [0.4, 0.5) is 5.69 Å². The zero-order valence-corrected chi connectivity index (χ0v) is 11.8. The monoisotopic (exact) mass is 314 g/mol. The number of thioether (sulfide) groups is 1. The summed E-state index contributed by atoms with van der Waals surface area (Å²) in [6.45, 7) is 0.797. The maximum absolute atomic E-state index is 11.5. The van der Waals surface area contributed by atoms with Crippen LogP contribution in [-0.4, -0.2) is 17.7 Å². The van der Waals surface area contributed by atoms with Crippen LogP contribution in [0.15, 0.2) is 27.6 Å². The van der Waals surface area contributed by atoms with Crippen LogP contribution in [0, 0.1) is 0 Å². The molecule has 3 nitrogen and oxygen atoms in total. The van der Waals surface area contributed by atoms with E-state index in [4.69, 9.17) is 5.73 Å².